The van der Waals surface area contributed by atoms with Gasteiger partial charge in [-0.15, -0.1) is 0 Å². The molecule has 1 aromatic carbocycles. The predicted molar refractivity (Wildman–Crippen MR) is 70.8 cm³/mol. The Kier molecular flexibility index (Phi) is 3.97. The van der Waals surface area contributed by atoms with Crippen LogP contribution in [0.3, 0.4) is 0 Å². The highest BCUT2D eigenvalue weighted by Crippen LogP contribution is 2.22. The first kappa shape index (κ1) is 13.3. The third-order valence-electron chi connectivity index (χ3n) is 2.82. The number of nitrogens with one attached hydrogen (secondary N) is 1. The predicted octanol–water partition coefficient (Wildman–Crippen LogP) is 2.59. The summed E-state index contributed by atoms with van der Waals surface area (Å²) < 4.78 is 20.0. The number of anilines is 1. The van der Waals surface area contributed by atoms with Gasteiger partial charge in [-0.2, -0.15) is 0 Å². The van der Waals surface area contributed by atoms with Crippen LogP contribution in [-0.4, -0.2) is 23.7 Å². The molecule has 2 rings (SSSR count). The molecule has 1 aromatic heterocycles. The number of amides is 1. The molecule has 0 spiro atoms. The van der Waals surface area contributed by atoms with Gasteiger partial charge in [0.1, 0.15) is 11.9 Å². The number of rotatable bonds is 4. The first-order chi connectivity index (χ1) is 9.11. The lowest BCUT2D eigenvalue weighted by molar-refractivity contribution is -0.124. The van der Waals surface area contributed by atoms with Crippen LogP contribution < -0.4 is 5.32 Å². The Labute approximate surface area is 110 Å². The second kappa shape index (κ2) is 5.67. The van der Waals surface area contributed by atoms with Gasteiger partial charge in [-0.25, -0.2) is 4.39 Å². The molecule has 0 saturated heterocycles. The van der Waals surface area contributed by atoms with Gasteiger partial charge in [0.15, 0.2) is 0 Å². The highest BCUT2D eigenvalue weighted by atomic mass is 19.1. The smallest absolute Gasteiger partial charge is 0.253 e. The van der Waals surface area contributed by atoms with E-state index in [1.807, 2.05) is 12.1 Å². The lowest BCUT2D eigenvalue weighted by Gasteiger charge is -2.14. The van der Waals surface area contributed by atoms with E-state index in [9.17, 15) is 9.18 Å². The molecule has 1 atom stereocenters. The number of ether oxygens (including phenoxy) is 1. The fourth-order valence-corrected chi connectivity index (χ4v) is 1.66. The maximum Gasteiger partial charge on any atom is 0.253 e. The number of benzene rings is 1. The molecular formula is C14H15FN2O2. The second-order valence-corrected chi connectivity index (χ2v) is 4.12. The Morgan fingerprint density at radius 1 is 1.37 bits per heavy atom. The van der Waals surface area contributed by atoms with Gasteiger partial charge in [0.25, 0.3) is 5.91 Å². The molecular weight excluding hydrogens is 247 g/mol. The van der Waals surface area contributed by atoms with Gasteiger partial charge >= 0.3 is 0 Å². The van der Waals surface area contributed by atoms with Crippen molar-refractivity contribution in [3.63, 3.8) is 0 Å². The van der Waals surface area contributed by atoms with Crippen molar-refractivity contribution >= 4 is 11.6 Å². The normalized spacial score (nSPS) is 12.2. The van der Waals surface area contributed by atoms with Crippen LogP contribution in [-0.2, 0) is 9.53 Å². The number of aromatic nitrogens is 1. The van der Waals surface area contributed by atoms with Gasteiger partial charge in [-0.1, -0.05) is 0 Å². The van der Waals surface area contributed by atoms with Gasteiger partial charge in [-0.05, 0) is 37.3 Å². The largest absolute Gasteiger partial charge is 0.372 e. The molecule has 0 unspecified atom stereocenters. The standard InChI is InChI=1S/C14H15FN2O2/c1-10(19-2)14(18)16-12-6-5-11(15)9-13(12)17-7-3-4-8-17/h3-10H,1-2H3,(H,16,18)/t10-/m1/s1. The molecule has 1 amide bonds. The van der Waals surface area contributed by atoms with Crippen LogP contribution in [0, 0.1) is 5.82 Å². The Hall–Kier alpha value is -2.14. The van der Waals surface area contributed by atoms with Crippen molar-refractivity contribution < 1.29 is 13.9 Å². The highest BCUT2D eigenvalue weighted by Gasteiger charge is 2.14. The van der Waals surface area contributed by atoms with Crippen LogP contribution in [0.15, 0.2) is 42.7 Å². The summed E-state index contributed by atoms with van der Waals surface area (Å²) in [6, 6.07) is 7.86. The Morgan fingerprint density at radius 2 is 2.05 bits per heavy atom. The van der Waals surface area contributed by atoms with E-state index in [-0.39, 0.29) is 11.7 Å². The third kappa shape index (κ3) is 3.00. The highest BCUT2D eigenvalue weighted by molar-refractivity contribution is 5.95. The number of methoxy groups -OCH3 is 1. The van der Waals surface area contributed by atoms with Crippen molar-refractivity contribution in [2.45, 2.75) is 13.0 Å². The molecule has 0 radical (unpaired) electrons. The van der Waals surface area contributed by atoms with Crippen molar-refractivity contribution in [2.75, 3.05) is 12.4 Å². The van der Waals surface area contributed by atoms with Crippen LogP contribution >= 0.6 is 0 Å². The zero-order valence-electron chi connectivity index (χ0n) is 10.8. The zero-order chi connectivity index (χ0) is 13.8. The quantitative estimate of drug-likeness (QED) is 0.920. The van der Waals surface area contributed by atoms with Crippen molar-refractivity contribution in [2.24, 2.45) is 0 Å². The minimum absolute atomic E-state index is 0.275. The topological polar surface area (TPSA) is 43.3 Å². The number of halogens is 1. The maximum atomic E-state index is 13.4. The summed E-state index contributed by atoms with van der Waals surface area (Å²) >= 11 is 0. The van der Waals surface area contributed by atoms with E-state index in [2.05, 4.69) is 5.32 Å². The first-order valence-electron chi connectivity index (χ1n) is 5.88. The van der Waals surface area contributed by atoms with Gasteiger partial charge < -0.3 is 14.6 Å². The molecule has 0 aliphatic rings. The van der Waals surface area contributed by atoms with E-state index in [0.717, 1.165) is 0 Å². The fraction of sp³-hybridized carbons (Fsp3) is 0.214. The summed E-state index contributed by atoms with van der Waals surface area (Å²) in [5, 5.41) is 2.73. The summed E-state index contributed by atoms with van der Waals surface area (Å²) in [6.45, 7) is 1.65. The molecule has 1 heterocycles. The number of carbonyl (C=O) groups is 1. The lowest BCUT2D eigenvalue weighted by atomic mass is 10.2. The fourth-order valence-electron chi connectivity index (χ4n) is 1.66. The first-order valence-corrected chi connectivity index (χ1v) is 5.88. The van der Waals surface area contributed by atoms with Gasteiger partial charge in [-0.3, -0.25) is 4.79 Å². The number of hydrogen-bond acceptors (Lipinski definition) is 2. The van der Waals surface area contributed by atoms with Crippen molar-refractivity contribution in [1.82, 2.24) is 4.57 Å². The Bertz CT molecular complexity index is 567. The summed E-state index contributed by atoms with van der Waals surface area (Å²) in [6.07, 6.45) is 3.00. The van der Waals surface area contributed by atoms with Crippen LogP contribution in [0.1, 0.15) is 6.92 Å². The van der Waals surface area contributed by atoms with Crippen LogP contribution in [0.5, 0.6) is 0 Å². The van der Waals surface area contributed by atoms with Crippen molar-refractivity contribution in [3.8, 4) is 5.69 Å². The van der Waals surface area contributed by atoms with Crippen LogP contribution in [0.25, 0.3) is 5.69 Å². The van der Waals surface area contributed by atoms with Crippen LogP contribution in [0.4, 0.5) is 10.1 Å². The van der Waals surface area contributed by atoms with Gasteiger partial charge in [0.2, 0.25) is 0 Å². The minimum atomic E-state index is -0.567. The molecule has 19 heavy (non-hydrogen) atoms. The molecule has 0 fully saturated rings. The van der Waals surface area contributed by atoms with Gasteiger partial charge in [0.05, 0.1) is 11.4 Å². The number of carbonyl (C=O) groups excluding carboxylic acids is 1. The maximum absolute atomic E-state index is 13.4. The molecule has 2 aromatic rings. The van der Waals surface area contributed by atoms with E-state index < -0.39 is 6.10 Å². The molecule has 0 bridgehead atoms. The molecule has 4 nitrogen and oxygen atoms in total. The molecule has 0 aliphatic carbocycles. The molecule has 100 valence electrons. The SMILES string of the molecule is CO[C@H](C)C(=O)Nc1ccc(F)cc1-n1cccc1. The third-order valence-corrected chi connectivity index (χ3v) is 2.82. The van der Waals surface area contributed by atoms with Crippen molar-refractivity contribution in [3.05, 3.63) is 48.5 Å². The summed E-state index contributed by atoms with van der Waals surface area (Å²) in [4.78, 5) is 11.8. The van der Waals surface area contributed by atoms with Gasteiger partial charge in [0, 0.05) is 19.5 Å². The monoisotopic (exact) mass is 262 g/mol. The van der Waals surface area contributed by atoms with E-state index in [1.165, 1.54) is 25.3 Å². The van der Waals surface area contributed by atoms with E-state index in [1.54, 1.807) is 23.9 Å². The average molecular weight is 262 g/mol. The molecule has 0 saturated carbocycles. The Morgan fingerprint density at radius 3 is 2.68 bits per heavy atom. The molecule has 5 heteroatoms. The summed E-state index contributed by atoms with van der Waals surface area (Å²) in [7, 11) is 1.46. The molecule has 0 aliphatic heterocycles. The summed E-state index contributed by atoms with van der Waals surface area (Å²) in [5.74, 6) is -0.635. The minimum Gasteiger partial charge on any atom is -0.372 e. The lowest BCUT2D eigenvalue weighted by Crippen LogP contribution is -2.27. The number of hydrogen-bond donors (Lipinski definition) is 1. The van der Waals surface area contributed by atoms with Crippen LogP contribution in [0.2, 0.25) is 0 Å². The average Bonchev–Trinajstić information content (AvgIpc) is 2.93. The summed E-state index contributed by atoms with van der Waals surface area (Å²) in [5.41, 5.74) is 1.10. The van der Waals surface area contributed by atoms with E-state index in [4.69, 9.17) is 4.74 Å². The molecule has 1 N–H and O–H groups in total. The zero-order valence-corrected chi connectivity index (χ0v) is 10.8. The number of nitrogens with zero attached hydrogens (tertiary/aromatic N) is 1. The van der Waals surface area contributed by atoms with Crippen molar-refractivity contribution in [1.29, 1.82) is 0 Å². The van der Waals surface area contributed by atoms with E-state index >= 15 is 0 Å². The van der Waals surface area contributed by atoms with E-state index in [0.29, 0.717) is 11.4 Å². The Balaban J connectivity index is 2.33. The second-order valence-electron chi connectivity index (χ2n) is 4.12.